The number of esters is 2. The van der Waals surface area contributed by atoms with Crippen LogP contribution in [0.15, 0.2) is 0 Å². The van der Waals surface area contributed by atoms with Crippen molar-refractivity contribution in [1.29, 1.82) is 0 Å². The zero-order chi connectivity index (χ0) is 16.9. The minimum Gasteiger partial charge on any atom is -0.390 e. The van der Waals surface area contributed by atoms with Gasteiger partial charge in [-0.2, -0.15) is 0 Å². The number of hydrogen-bond acceptors (Lipinski definition) is 6. The second-order valence-electron chi connectivity index (χ2n) is 6.54. The van der Waals surface area contributed by atoms with Crippen LogP contribution < -0.4 is 16.8 Å². The van der Waals surface area contributed by atoms with Gasteiger partial charge >= 0.3 is 11.9 Å². The molecule has 0 heterocycles. The first-order valence-electron chi connectivity index (χ1n) is 7.76. The molecule has 1 aliphatic carbocycles. The number of nitrogens with one attached hydrogen (secondary N) is 1. The normalized spacial score (nSPS) is 19.5. The zero-order valence-corrected chi connectivity index (χ0v) is 13.6. The van der Waals surface area contributed by atoms with Gasteiger partial charge in [-0.1, -0.05) is 26.7 Å². The monoisotopic (exact) mass is 313 g/mol. The molecule has 1 saturated carbocycles. The van der Waals surface area contributed by atoms with Gasteiger partial charge in [0.25, 0.3) is 0 Å². The number of nitrogens with two attached hydrogens (primary N) is 2. The molecule has 0 aliphatic heterocycles. The van der Waals surface area contributed by atoms with E-state index < -0.39 is 35.5 Å². The number of ether oxygens (including phenoxy) is 1. The van der Waals surface area contributed by atoms with Gasteiger partial charge in [-0.15, -0.1) is 0 Å². The highest BCUT2D eigenvalue weighted by Crippen LogP contribution is 2.28. The van der Waals surface area contributed by atoms with Gasteiger partial charge in [-0.25, -0.2) is 9.59 Å². The van der Waals surface area contributed by atoms with E-state index in [1.54, 1.807) is 0 Å². The van der Waals surface area contributed by atoms with Gasteiger partial charge in [0.15, 0.2) is 0 Å². The molecule has 7 heteroatoms. The summed E-state index contributed by atoms with van der Waals surface area (Å²) in [5.74, 6) is -1.70. The van der Waals surface area contributed by atoms with E-state index in [4.69, 9.17) is 16.2 Å². The van der Waals surface area contributed by atoms with Gasteiger partial charge in [-0.3, -0.25) is 4.79 Å². The smallest absolute Gasteiger partial charge is 0.336 e. The highest BCUT2D eigenvalue weighted by molar-refractivity contribution is 5.95. The average molecular weight is 313 g/mol. The Hall–Kier alpha value is -1.47. The first-order valence-corrected chi connectivity index (χ1v) is 7.76. The molecule has 0 bridgehead atoms. The third-order valence-corrected chi connectivity index (χ3v) is 3.87. The van der Waals surface area contributed by atoms with Crippen LogP contribution in [0.2, 0.25) is 0 Å². The summed E-state index contributed by atoms with van der Waals surface area (Å²) >= 11 is 0. The van der Waals surface area contributed by atoms with Crippen LogP contribution in [0.3, 0.4) is 0 Å². The quantitative estimate of drug-likeness (QED) is 0.475. The van der Waals surface area contributed by atoms with Gasteiger partial charge < -0.3 is 21.5 Å². The maximum absolute atomic E-state index is 11.9. The highest BCUT2D eigenvalue weighted by Gasteiger charge is 2.40. The van der Waals surface area contributed by atoms with Crippen LogP contribution in [0.5, 0.6) is 0 Å². The third-order valence-electron chi connectivity index (χ3n) is 3.87. The fourth-order valence-corrected chi connectivity index (χ4v) is 2.49. The summed E-state index contributed by atoms with van der Waals surface area (Å²) in [6.07, 6.45) is 3.23. The number of carbonyl (C=O) groups excluding carboxylic acids is 3. The van der Waals surface area contributed by atoms with Crippen LogP contribution in [0.1, 0.15) is 52.9 Å². The molecule has 1 amide bonds. The second-order valence-corrected chi connectivity index (χ2v) is 6.54. The predicted molar refractivity (Wildman–Crippen MR) is 81.5 cm³/mol. The topological polar surface area (TPSA) is 125 Å². The maximum atomic E-state index is 11.9. The summed E-state index contributed by atoms with van der Waals surface area (Å²) in [4.78, 5) is 35.7. The summed E-state index contributed by atoms with van der Waals surface area (Å²) in [7, 11) is 0. The van der Waals surface area contributed by atoms with Crippen LogP contribution in [0, 0.1) is 5.92 Å². The minimum absolute atomic E-state index is 0.268. The molecule has 1 aliphatic rings. The Morgan fingerprint density at radius 1 is 1.18 bits per heavy atom. The van der Waals surface area contributed by atoms with E-state index in [9.17, 15) is 14.4 Å². The summed E-state index contributed by atoms with van der Waals surface area (Å²) in [6, 6.07) is -1.64. The van der Waals surface area contributed by atoms with Gasteiger partial charge in [0.2, 0.25) is 5.91 Å². The van der Waals surface area contributed by atoms with Crippen molar-refractivity contribution in [1.82, 2.24) is 5.32 Å². The maximum Gasteiger partial charge on any atom is 0.336 e. The van der Waals surface area contributed by atoms with Gasteiger partial charge in [0, 0.05) is 0 Å². The van der Waals surface area contributed by atoms with Gasteiger partial charge in [0.1, 0.15) is 11.6 Å². The van der Waals surface area contributed by atoms with E-state index in [2.05, 4.69) is 5.32 Å². The summed E-state index contributed by atoms with van der Waals surface area (Å²) in [5, 5.41) is 2.46. The Morgan fingerprint density at radius 2 is 1.73 bits per heavy atom. The lowest BCUT2D eigenvalue weighted by Crippen LogP contribution is -2.51. The van der Waals surface area contributed by atoms with Crippen molar-refractivity contribution in [3.63, 3.8) is 0 Å². The fourth-order valence-electron chi connectivity index (χ4n) is 2.49. The van der Waals surface area contributed by atoms with Crippen molar-refractivity contribution in [2.75, 3.05) is 0 Å². The molecule has 2 atom stereocenters. The summed E-state index contributed by atoms with van der Waals surface area (Å²) in [5.41, 5.74) is 10.6. The highest BCUT2D eigenvalue weighted by atomic mass is 16.6. The van der Waals surface area contributed by atoms with Crippen molar-refractivity contribution in [3.05, 3.63) is 0 Å². The molecule has 0 radical (unpaired) electrons. The Balaban J connectivity index is 2.48. The van der Waals surface area contributed by atoms with E-state index in [-0.39, 0.29) is 5.92 Å². The van der Waals surface area contributed by atoms with Crippen LogP contribution in [0.4, 0.5) is 0 Å². The fraction of sp³-hybridized carbons (Fsp3) is 0.800. The molecular weight excluding hydrogens is 286 g/mol. The van der Waals surface area contributed by atoms with E-state index in [1.807, 2.05) is 13.8 Å². The Bertz CT molecular complexity index is 431. The molecule has 0 unspecified atom stereocenters. The molecule has 126 valence electrons. The van der Waals surface area contributed by atoms with Crippen molar-refractivity contribution in [2.45, 2.75) is 70.5 Å². The van der Waals surface area contributed by atoms with Crippen LogP contribution in [0.25, 0.3) is 0 Å². The first-order chi connectivity index (χ1) is 10.2. The van der Waals surface area contributed by atoms with E-state index in [0.29, 0.717) is 19.3 Å². The Kier molecular flexibility index (Phi) is 6.49. The molecule has 22 heavy (non-hydrogen) atoms. The van der Waals surface area contributed by atoms with Crippen molar-refractivity contribution in [3.8, 4) is 0 Å². The standard InChI is InChI=1S/C15H27N3O4/c1-9(2)8-11(16)12(19)18-10(3)13(20)22-14(21)15(17)6-4-5-7-15/h9-11H,4-8,16-17H2,1-3H3,(H,18,19)/t10-,11-/m0/s1. The molecule has 0 aromatic carbocycles. The average Bonchev–Trinajstić information content (AvgIpc) is 2.85. The molecule has 0 aromatic rings. The molecule has 0 saturated heterocycles. The molecule has 0 spiro atoms. The minimum atomic E-state index is -1.08. The number of rotatable bonds is 6. The third kappa shape index (κ3) is 5.06. The molecular formula is C15H27N3O4. The number of carbonyl (C=O) groups is 3. The van der Waals surface area contributed by atoms with Gasteiger partial charge in [0.05, 0.1) is 6.04 Å². The van der Waals surface area contributed by atoms with E-state index >= 15 is 0 Å². The lowest BCUT2D eigenvalue weighted by Gasteiger charge is -2.22. The molecule has 1 rings (SSSR count). The lowest BCUT2D eigenvalue weighted by molar-refractivity contribution is -0.165. The first kappa shape index (κ1) is 18.6. The van der Waals surface area contributed by atoms with E-state index in [1.165, 1.54) is 6.92 Å². The number of hydrogen-bond donors (Lipinski definition) is 3. The molecule has 5 N–H and O–H groups in total. The van der Waals surface area contributed by atoms with Gasteiger partial charge in [-0.05, 0) is 32.1 Å². The van der Waals surface area contributed by atoms with E-state index in [0.717, 1.165) is 12.8 Å². The van der Waals surface area contributed by atoms with Crippen LogP contribution in [-0.4, -0.2) is 35.5 Å². The Morgan fingerprint density at radius 3 is 2.23 bits per heavy atom. The largest absolute Gasteiger partial charge is 0.390 e. The lowest BCUT2D eigenvalue weighted by atomic mass is 10.00. The summed E-state index contributed by atoms with van der Waals surface area (Å²) in [6.45, 7) is 5.35. The SMILES string of the molecule is CC(C)C[C@H](N)C(=O)N[C@@H](C)C(=O)OC(=O)C1(N)CCCC1. The summed E-state index contributed by atoms with van der Waals surface area (Å²) < 4.78 is 4.80. The molecule has 1 fully saturated rings. The van der Waals surface area contributed by atoms with Crippen molar-refractivity contribution in [2.24, 2.45) is 17.4 Å². The zero-order valence-electron chi connectivity index (χ0n) is 13.6. The molecule has 0 aromatic heterocycles. The van der Waals surface area contributed by atoms with Crippen molar-refractivity contribution < 1.29 is 19.1 Å². The number of amides is 1. The Labute approximate surface area is 131 Å². The second kappa shape index (κ2) is 7.69. The predicted octanol–water partition coefficient (Wildman–Crippen LogP) is 0.206. The molecule has 7 nitrogen and oxygen atoms in total. The van der Waals surface area contributed by atoms with Crippen molar-refractivity contribution >= 4 is 17.8 Å². The van der Waals surface area contributed by atoms with Crippen LogP contribution >= 0.6 is 0 Å². The van der Waals surface area contributed by atoms with Crippen LogP contribution in [-0.2, 0) is 19.1 Å².